The standard InChI is InChI=1S/C13H16N2O2/c16-14-12-8-4-5-9-13(12)15(17)10-11-6-2-1-3-7-11/h1-3,6-7,10,13,16H,4-5,8-9H2/b14-12-,15-10-/t13-/m1/s1. The first-order valence-electron chi connectivity index (χ1n) is 5.87. The number of hydrogen-bond donors (Lipinski definition) is 1. The smallest absolute Gasteiger partial charge is 0.204 e. The van der Waals surface area contributed by atoms with Gasteiger partial charge in [-0.15, -0.1) is 0 Å². The number of oxime groups is 1. The van der Waals surface area contributed by atoms with E-state index in [1.54, 1.807) is 6.21 Å². The first-order chi connectivity index (χ1) is 8.31. The second-order valence-electron chi connectivity index (χ2n) is 4.25. The summed E-state index contributed by atoms with van der Waals surface area (Å²) in [5, 5.41) is 24.1. The van der Waals surface area contributed by atoms with Gasteiger partial charge in [0, 0.05) is 12.0 Å². The van der Waals surface area contributed by atoms with Gasteiger partial charge in [0.1, 0.15) is 5.71 Å². The minimum Gasteiger partial charge on any atom is -0.623 e. The largest absolute Gasteiger partial charge is 0.623 e. The Kier molecular flexibility index (Phi) is 3.75. The normalized spacial score (nSPS) is 23.9. The van der Waals surface area contributed by atoms with Crippen LogP contribution in [0.25, 0.3) is 0 Å². The van der Waals surface area contributed by atoms with Crippen molar-refractivity contribution in [1.29, 1.82) is 0 Å². The van der Waals surface area contributed by atoms with Crippen molar-refractivity contribution in [1.82, 2.24) is 0 Å². The lowest BCUT2D eigenvalue weighted by atomic mass is 9.93. The molecule has 17 heavy (non-hydrogen) atoms. The Morgan fingerprint density at radius 2 is 2.06 bits per heavy atom. The first kappa shape index (κ1) is 11.6. The molecule has 1 atom stereocenters. The number of nitrogens with zero attached hydrogens (tertiary/aromatic N) is 2. The molecule has 1 aliphatic rings. The Morgan fingerprint density at radius 3 is 2.76 bits per heavy atom. The number of rotatable bonds is 2. The van der Waals surface area contributed by atoms with Crippen LogP contribution < -0.4 is 0 Å². The average Bonchev–Trinajstić information content (AvgIpc) is 2.40. The second kappa shape index (κ2) is 5.48. The lowest BCUT2D eigenvalue weighted by Gasteiger charge is -2.21. The van der Waals surface area contributed by atoms with E-state index < -0.39 is 0 Å². The summed E-state index contributed by atoms with van der Waals surface area (Å²) in [5.41, 5.74) is 1.46. The van der Waals surface area contributed by atoms with Crippen molar-refractivity contribution >= 4 is 11.9 Å². The van der Waals surface area contributed by atoms with Crippen LogP contribution in [-0.4, -0.2) is 27.9 Å². The molecule has 90 valence electrons. The molecule has 1 aromatic carbocycles. The molecule has 0 aliphatic heterocycles. The third-order valence-corrected chi connectivity index (χ3v) is 3.06. The summed E-state index contributed by atoms with van der Waals surface area (Å²) in [6.07, 6.45) is 5.02. The Hall–Kier alpha value is -1.84. The fourth-order valence-electron chi connectivity index (χ4n) is 2.14. The van der Waals surface area contributed by atoms with Crippen LogP contribution in [0.4, 0.5) is 0 Å². The summed E-state index contributed by atoms with van der Waals surface area (Å²) in [6.45, 7) is 0. The molecule has 1 fully saturated rings. The molecule has 0 aromatic heterocycles. The van der Waals surface area contributed by atoms with Gasteiger partial charge in [0.2, 0.25) is 6.04 Å². The van der Waals surface area contributed by atoms with Gasteiger partial charge in [-0.1, -0.05) is 23.4 Å². The second-order valence-corrected chi connectivity index (χ2v) is 4.25. The molecule has 0 heterocycles. The Labute approximate surface area is 100 Å². The van der Waals surface area contributed by atoms with E-state index in [4.69, 9.17) is 5.21 Å². The highest BCUT2D eigenvalue weighted by atomic mass is 16.5. The van der Waals surface area contributed by atoms with Crippen LogP contribution in [0.1, 0.15) is 31.2 Å². The third-order valence-electron chi connectivity index (χ3n) is 3.06. The molecule has 4 nitrogen and oxygen atoms in total. The van der Waals surface area contributed by atoms with E-state index in [0.717, 1.165) is 29.6 Å². The van der Waals surface area contributed by atoms with Gasteiger partial charge in [-0.25, -0.2) is 4.74 Å². The zero-order chi connectivity index (χ0) is 12.1. The fourth-order valence-corrected chi connectivity index (χ4v) is 2.14. The van der Waals surface area contributed by atoms with Gasteiger partial charge >= 0.3 is 0 Å². The highest BCUT2D eigenvalue weighted by molar-refractivity contribution is 5.89. The van der Waals surface area contributed by atoms with Crippen molar-refractivity contribution in [2.24, 2.45) is 5.16 Å². The number of hydrogen-bond acceptors (Lipinski definition) is 3. The minimum absolute atomic E-state index is 0.311. The average molecular weight is 232 g/mol. The summed E-state index contributed by atoms with van der Waals surface area (Å²) in [7, 11) is 0. The Balaban J connectivity index is 2.18. The van der Waals surface area contributed by atoms with Crippen molar-refractivity contribution in [3.8, 4) is 0 Å². The molecule has 4 heteroatoms. The maximum atomic E-state index is 12.0. The van der Waals surface area contributed by atoms with Crippen LogP contribution >= 0.6 is 0 Å². The van der Waals surface area contributed by atoms with Crippen molar-refractivity contribution < 1.29 is 9.95 Å². The van der Waals surface area contributed by atoms with Gasteiger partial charge in [-0.2, -0.15) is 0 Å². The summed E-state index contributed by atoms with van der Waals surface area (Å²) in [5.74, 6) is 0. The van der Waals surface area contributed by atoms with E-state index in [2.05, 4.69) is 5.16 Å². The predicted octanol–water partition coefficient (Wildman–Crippen LogP) is 2.39. The summed E-state index contributed by atoms with van der Waals surface area (Å²) in [6, 6.07) is 9.14. The molecule has 1 saturated carbocycles. The minimum atomic E-state index is -0.311. The van der Waals surface area contributed by atoms with Crippen molar-refractivity contribution in [3.63, 3.8) is 0 Å². The zero-order valence-corrected chi connectivity index (χ0v) is 9.62. The van der Waals surface area contributed by atoms with Crippen molar-refractivity contribution in [2.45, 2.75) is 31.7 Å². The number of benzene rings is 1. The molecule has 1 N–H and O–H groups in total. The summed E-state index contributed by atoms with van der Waals surface area (Å²) < 4.78 is 0.906. The maximum absolute atomic E-state index is 12.0. The van der Waals surface area contributed by atoms with Crippen LogP contribution in [0.3, 0.4) is 0 Å². The van der Waals surface area contributed by atoms with E-state index in [-0.39, 0.29) is 6.04 Å². The number of hydroxylamine groups is 1. The summed E-state index contributed by atoms with van der Waals surface area (Å²) >= 11 is 0. The zero-order valence-electron chi connectivity index (χ0n) is 9.62. The Bertz CT molecular complexity index is 426. The SMILES string of the molecule is [O-]/[N+](=C\c1ccccc1)[C@@H]1CCCC/C1=N/O. The predicted molar refractivity (Wildman–Crippen MR) is 66.7 cm³/mol. The van der Waals surface area contributed by atoms with Gasteiger partial charge in [0.15, 0.2) is 6.21 Å². The van der Waals surface area contributed by atoms with Crippen molar-refractivity contribution in [3.05, 3.63) is 41.1 Å². The van der Waals surface area contributed by atoms with E-state index in [9.17, 15) is 5.21 Å². The lowest BCUT2D eigenvalue weighted by Crippen LogP contribution is -2.34. The van der Waals surface area contributed by atoms with E-state index in [0.29, 0.717) is 12.1 Å². The van der Waals surface area contributed by atoms with Crippen molar-refractivity contribution in [2.75, 3.05) is 0 Å². The molecule has 1 aliphatic carbocycles. The fraction of sp³-hybridized carbons (Fsp3) is 0.385. The maximum Gasteiger partial charge on any atom is 0.204 e. The first-order valence-corrected chi connectivity index (χ1v) is 5.87. The molecule has 0 radical (unpaired) electrons. The van der Waals surface area contributed by atoms with Gasteiger partial charge in [-0.3, -0.25) is 0 Å². The van der Waals surface area contributed by atoms with Gasteiger partial charge < -0.3 is 10.4 Å². The molecule has 0 saturated heterocycles. The van der Waals surface area contributed by atoms with Gasteiger partial charge in [-0.05, 0) is 31.4 Å². The topological polar surface area (TPSA) is 58.7 Å². The third kappa shape index (κ3) is 2.84. The molecule has 2 rings (SSSR count). The molecule has 0 spiro atoms. The molecule has 0 bridgehead atoms. The van der Waals surface area contributed by atoms with Gasteiger partial charge in [0.05, 0.1) is 0 Å². The highest BCUT2D eigenvalue weighted by Gasteiger charge is 2.27. The van der Waals surface area contributed by atoms with Crippen LogP contribution in [0.5, 0.6) is 0 Å². The molecule has 0 unspecified atom stereocenters. The van der Waals surface area contributed by atoms with E-state index in [1.165, 1.54) is 0 Å². The van der Waals surface area contributed by atoms with Crippen LogP contribution in [0, 0.1) is 5.21 Å². The highest BCUT2D eigenvalue weighted by Crippen LogP contribution is 2.18. The van der Waals surface area contributed by atoms with E-state index in [1.807, 2.05) is 30.3 Å². The van der Waals surface area contributed by atoms with Crippen LogP contribution in [0.15, 0.2) is 35.5 Å². The lowest BCUT2D eigenvalue weighted by molar-refractivity contribution is -0.478. The Morgan fingerprint density at radius 1 is 1.29 bits per heavy atom. The van der Waals surface area contributed by atoms with Crippen LogP contribution in [0.2, 0.25) is 0 Å². The molecular weight excluding hydrogens is 216 g/mol. The monoisotopic (exact) mass is 232 g/mol. The summed E-state index contributed by atoms with van der Waals surface area (Å²) in [4.78, 5) is 0. The molecular formula is C13H16N2O2. The molecule has 1 aromatic rings. The van der Waals surface area contributed by atoms with Gasteiger partial charge in [0.25, 0.3) is 0 Å². The quantitative estimate of drug-likeness (QED) is 0.280. The molecule has 0 amide bonds. The van der Waals surface area contributed by atoms with E-state index >= 15 is 0 Å². The van der Waals surface area contributed by atoms with Crippen LogP contribution in [-0.2, 0) is 0 Å².